The van der Waals surface area contributed by atoms with E-state index in [2.05, 4.69) is 37.4 Å². The van der Waals surface area contributed by atoms with Crippen molar-refractivity contribution in [1.82, 2.24) is 5.32 Å². The first kappa shape index (κ1) is 13.8. The van der Waals surface area contributed by atoms with Crippen LogP contribution < -0.4 is 5.32 Å². The SMILES string of the molecule is Cc1cccc(C)c1CC(=O)C1CC2CCCCC2N1. The van der Waals surface area contributed by atoms with Crippen LogP contribution in [-0.2, 0) is 11.2 Å². The number of ketones is 1. The van der Waals surface area contributed by atoms with Crippen molar-refractivity contribution in [1.29, 1.82) is 0 Å². The maximum Gasteiger partial charge on any atom is 0.154 e. The van der Waals surface area contributed by atoms with Gasteiger partial charge >= 0.3 is 0 Å². The van der Waals surface area contributed by atoms with Crippen LogP contribution >= 0.6 is 0 Å². The minimum absolute atomic E-state index is 0.0992. The van der Waals surface area contributed by atoms with E-state index in [0.29, 0.717) is 18.2 Å². The molecule has 0 aromatic heterocycles. The lowest BCUT2D eigenvalue weighted by molar-refractivity contribution is -0.120. The molecular weight excluding hydrogens is 246 g/mol. The molecule has 2 aliphatic rings. The third-order valence-corrected chi connectivity index (χ3v) is 5.25. The first-order valence-electron chi connectivity index (χ1n) is 7.99. The van der Waals surface area contributed by atoms with Crippen LogP contribution in [0.2, 0.25) is 0 Å². The molecule has 1 aliphatic heterocycles. The van der Waals surface area contributed by atoms with Crippen LogP contribution in [0.25, 0.3) is 0 Å². The van der Waals surface area contributed by atoms with Gasteiger partial charge in [0.1, 0.15) is 0 Å². The number of nitrogens with one attached hydrogen (secondary N) is 1. The summed E-state index contributed by atoms with van der Waals surface area (Å²) in [6, 6.07) is 6.99. The van der Waals surface area contributed by atoms with E-state index in [0.717, 1.165) is 12.3 Å². The van der Waals surface area contributed by atoms with Gasteiger partial charge in [0.05, 0.1) is 6.04 Å². The summed E-state index contributed by atoms with van der Waals surface area (Å²) in [5.74, 6) is 1.13. The standard InChI is InChI=1S/C18H25NO/c1-12-6-5-7-13(2)15(12)11-18(20)17-10-14-8-3-4-9-16(14)19-17/h5-7,14,16-17,19H,3-4,8-11H2,1-2H3. The molecule has 2 heteroatoms. The maximum atomic E-state index is 12.6. The lowest BCUT2D eigenvalue weighted by Crippen LogP contribution is -2.37. The molecule has 3 unspecified atom stereocenters. The summed E-state index contributed by atoms with van der Waals surface area (Å²) in [6.07, 6.45) is 6.90. The molecule has 0 spiro atoms. The van der Waals surface area contributed by atoms with Gasteiger partial charge in [0.15, 0.2) is 5.78 Å². The maximum absolute atomic E-state index is 12.6. The number of carbonyl (C=O) groups is 1. The summed E-state index contributed by atoms with van der Waals surface area (Å²) >= 11 is 0. The second-order valence-corrected chi connectivity index (χ2v) is 6.62. The second kappa shape index (κ2) is 5.69. The summed E-state index contributed by atoms with van der Waals surface area (Å²) in [5, 5.41) is 3.60. The Balaban J connectivity index is 1.68. The molecule has 3 atom stereocenters. The van der Waals surface area contributed by atoms with E-state index in [-0.39, 0.29) is 6.04 Å². The highest BCUT2D eigenvalue weighted by atomic mass is 16.1. The van der Waals surface area contributed by atoms with Crippen molar-refractivity contribution < 1.29 is 4.79 Å². The highest BCUT2D eigenvalue weighted by Crippen LogP contribution is 2.33. The number of carbonyl (C=O) groups excluding carboxylic acids is 1. The van der Waals surface area contributed by atoms with Gasteiger partial charge in [0.2, 0.25) is 0 Å². The van der Waals surface area contributed by atoms with Gasteiger partial charge in [-0.3, -0.25) is 4.79 Å². The topological polar surface area (TPSA) is 29.1 Å². The molecule has 1 saturated heterocycles. The Hall–Kier alpha value is -1.15. The van der Waals surface area contributed by atoms with E-state index < -0.39 is 0 Å². The van der Waals surface area contributed by atoms with Crippen molar-refractivity contribution in [3.63, 3.8) is 0 Å². The molecule has 2 fully saturated rings. The third-order valence-electron chi connectivity index (χ3n) is 5.25. The van der Waals surface area contributed by atoms with Crippen LogP contribution in [0.1, 0.15) is 48.8 Å². The lowest BCUT2D eigenvalue weighted by atomic mass is 9.84. The quantitative estimate of drug-likeness (QED) is 0.913. The Labute approximate surface area is 122 Å². The lowest BCUT2D eigenvalue weighted by Gasteiger charge is -2.24. The van der Waals surface area contributed by atoms with Crippen LogP contribution in [0, 0.1) is 19.8 Å². The summed E-state index contributed by atoms with van der Waals surface area (Å²) in [7, 11) is 0. The molecule has 1 N–H and O–H groups in total. The fourth-order valence-electron chi connectivity index (χ4n) is 3.99. The van der Waals surface area contributed by atoms with E-state index in [4.69, 9.17) is 0 Å². The Morgan fingerprint density at radius 2 is 1.90 bits per heavy atom. The minimum Gasteiger partial charge on any atom is -0.304 e. The zero-order valence-corrected chi connectivity index (χ0v) is 12.6. The molecule has 1 saturated carbocycles. The molecule has 1 aromatic carbocycles. The fourth-order valence-corrected chi connectivity index (χ4v) is 3.99. The fraction of sp³-hybridized carbons (Fsp3) is 0.611. The van der Waals surface area contributed by atoms with Crippen LogP contribution in [0.5, 0.6) is 0 Å². The highest BCUT2D eigenvalue weighted by molar-refractivity contribution is 5.87. The first-order valence-corrected chi connectivity index (χ1v) is 7.99. The van der Waals surface area contributed by atoms with Gasteiger partial charge in [-0.25, -0.2) is 0 Å². The number of rotatable bonds is 3. The molecule has 0 bridgehead atoms. The van der Waals surface area contributed by atoms with Gasteiger partial charge < -0.3 is 5.32 Å². The number of aryl methyl sites for hydroxylation is 2. The van der Waals surface area contributed by atoms with Gasteiger partial charge in [-0.05, 0) is 55.7 Å². The molecule has 1 aliphatic carbocycles. The van der Waals surface area contributed by atoms with Gasteiger partial charge in [-0.15, -0.1) is 0 Å². The Kier molecular flexibility index (Phi) is 3.93. The molecule has 1 heterocycles. The third kappa shape index (κ3) is 2.67. The normalized spacial score (nSPS) is 29.2. The number of fused-ring (bicyclic) bond motifs is 1. The smallest absolute Gasteiger partial charge is 0.154 e. The van der Waals surface area contributed by atoms with Crippen LogP contribution in [0.4, 0.5) is 0 Å². The van der Waals surface area contributed by atoms with E-state index >= 15 is 0 Å². The van der Waals surface area contributed by atoms with Crippen molar-refractivity contribution in [2.45, 2.75) is 64.5 Å². The molecule has 1 aromatic rings. The predicted molar refractivity (Wildman–Crippen MR) is 81.9 cm³/mol. The largest absolute Gasteiger partial charge is 0.304 e. The number of hydrogen-bond acceptors (Lipinski definition) is 2. The van der Waals surface area contributed by atoms with Gasteiger partial charge in [0.25, 0.3) is 0 Å². The Morgan fingerprint density at radius 1 is 1.20 bits per heavy atom. The Bertz CT molecular complexity index is 474. The van der Waals surface area contributed by atoms with Crippen molar-refractivity contribution in [3.8, 4) is 0 Å². The number of benzene rings is 1. The van der Waals surface area contributed by atoms with Gasteiger partial charge in [-0.1, -0.05) is 31.0 Å². The average molecular weight is 271 g/mol. The van der Waals surface area contributed by atoms with Crippen LogP contribution in [-0.4, -0.2) is 17.9 Å². The minimum atomic E-state index is 0.0992. The molecular formula is C18H25NO. The van der Waals surface area contributed by atoms with Crippen molar-refractivity contribution in [2.24, 2.45) is 5.92 Å². The second-order valence-electron chi connectivity index (χ2n) is 6.62. The highest BCUT2D eigenvalue weighted by Gasteiger charge is 2.37. The van der Waals surface area contributed by atoms with E-state index in [9.17, 15) is 4.79 Å². The zero-order valence-electron chi connectivity index (χ0n) is 12.6. The van der Waals surface area contributed by atoms with Gasteiger partial charge in [-0.2, -0.15) is 0 Å². The first-order chi connectivity index (χ1) is 9.65. The predicted octanol–water partition coefficient (Wildman–Crippen LogP) is 3.34. The van der Waals surface area contributed by atoms with Crippen molar-refractivity contribution in [2.75, 3.05) is 0 Å². The summed E-state index contributed by atoms with van der Waals surface area (Å²) in [5.41, 5.74) is 3.72. The molecule has 3 rings (SSSR count). The number of hydrogen-bond donors (Lipinski definition) is 1. The van der Waals surface area contributed by atoms with Crippen LogP contribution in [0.15, 0.2) is 18.2 Å². The summed E-state index contributed by atoms with van der Waals surface area (Å²) in [6.45, 7) is 4.22. The van der Waals surface area contributed by atoms with E-state index in [1.165, 1.54) is 42.4 Å². The summed E-state index contributed by atoms with van der Waals surface area (Å²) in [4.78, 5) is 12.6. The molecule has 2 nitrogen and oxygen atoms in total. The Morgan fingerprint density at radius 3 is 2.60 bits per heavy atom. The average Bonchev–Trinajstić information content (AvgIpc) is 2.87. The molecule has 108 valence electrons. The van der Waals surface area contributed by atoms with E-state index in [1.54, 1.807) is 0 Å². The molecule has 0 radical (unpaired) electrons. The molecule has 0 amide bonds. The number of Topliss-reactive ketones (excluding diaryl/α,β-unsaturated/α-hetero) is 1. The monoisotopic (exact) mass is 271 g/mol. The molecule has 20 heavy (non-hydrogen) atoms. The van der Waals surface area contributed by atoms with Gasteiger partial charge in [0, 0.05) is 12.5 Å². The van der Waals surface area contributed by atoms with Crippen molar-refractivity contribution in [3.05, 3.63) is 34.9 Å². The zero-order chi connectivity index (χ0) is 14.1. The van der Waals surface area contributed by atoms with Crippen LogP contribution in [0.3, 0.4) is 0 Å². The van der Waals surface area contributed by atoms with E-state index in [1.807, 2.05) is 0 Å². The summed E-state index contributed by atoms with van der Waals surface area (Å²) < 4.78 is 0. The van der Waals surface area contributed by atoms with Crippen molar-refractivity contribution >= 4 is 5.78 Å².